The molecule has 1 aliphatic carbocycles. The molecule has 0 saturated carbocycles. The van der Waals surface area contributed by atoms with Gasteiger partial charge in [0.2, 0.25) is 0 Å². The summed E-state index contributed by atoms with van der Waals surface area (Å²) in [6.07, 6.45) is 6.20. The van der Waals surface area contributed by atoms with Crippen molar-refractivity contribution in [3.8, 4) is 0 Å². The van der Waals surface area contributed by atoms with E-state index in [9.17, 15) is 14.7 Å². The first kappa shape index (κ1) is 24.2. The molecule has 0 radical (unpaired) electrons. The largest absolute Gasteiger partial charge is 0.457 e. The summed E-state index contributed by atoms with van der Waals surface area (Å²) in [5.74, 6) is -0.903. The number of carbonyl (C=O) groups excluding carboxylic acids is 2. The number of hydrogen-bond acceptors (Lipinski definition) is 7. The number of esters is 2. The first-order valence-electron chi connectivity index (χ1n) is 12.7. The van der Waals surface area contributed by atoms with Crippen molar-refractivity contribution in [2.24, 2.45) is 11.8 Å². The Bertz CT molecular complexity index is 1030. The van der Waals surface area contributed by atoms with Gasteiger partial charge in [-0.25, -0.2) is 9.59 Å². The minimum Gasteiger partial charge on any atom is -0.457 e. The fourth-order valence-electron chi connectivity index (χ4n) is 6.86. The summed E-state index contributed by atoms with van der Waals surface area (Å²) in [7, 11) is 0. The van der Waals surface area contributed by atoms with Gasteiger partial charge in [-0.15, -0.1) is 0 Å². The molecule has 3 aliphatic heterocycles. The summed E-state index contributed by atoms with van der Waals surface area (Å²) < 4.78 is 19.1. The van der Waals surface area contributed by atoms with Crippen molar-refractivity contribution >= 4 is 18.0 Å². The maximum atomic E-state index is 13.1. The highest BCUT2D eigenvalue weighted by Gasteiger charge is 2.71. The third-order valence-electron chi connectivity index (χ3n) is 8.53. The smallest absolute Gasteiger partial charge is 0.332 e. The highest BCUT2D eigenvalue weighted by Crippen LogP contribution is 2.62. The van der Waals surface area contributed by atoms with Gasteiger partial charge in [-0.2, -0.15) is 0 Å². The maximum Gasteiger partial charge on any atom is 0.332 e. The minimum atomic E-state index is -0.773. The van der Waals surface area contributed by atoms with E-state index >= 15 is 0 Å². The number of rotatable bonds is 6. The molecule has 35 heavy (non-hydrogen) atoms. The average Bonchev–Trinajstić information content (AvgIpc) is 3.39. The molecule has 5 atom stereocenters. The highest BCUT2D eigenvalue weighted by molar-refractivity contribution is 5.87. The molecule has 0 amide bonds. The van der Waals surface area contributed by atoms with E-state index < -0.39 is 42.0 Å². The van der Waals surface area contributed by atoms with Gasteiger partial charge in [-0.1, -0.05) is 35.9 Å². The lowest BCUT2D eigenvalue weighted by atomic mass is 9.71. The van der Waals surface area contributed by atoms with Crippen LogP contribution in [-0.4, -0.2) is 60.2 Å². The lowest BCUT2D eigenvalue weighted by Crippen LogP contribution is -2.60. The van der Waals surface area contributed by atoms with E-state index in [-0.39, 0.29) is 11.8 Å². The standard InChI is InChI=1S/C28H35NO6/c1-18-8-10-21-25(18)26(34-23(31)11-9-19-6-4-3-5-7-19)28(20-12-14-29-15-13-20)16-22(27(21,2)35-28)33-24(32)17-30/h3-7,9,11,20-22,26,29-30H,8,10,12-17H2,1-2H3/b11-9+/t21-,22-,26+,27+,28-/m1/s1. The van der Waals surface area contributed by atoms with Crippen LogP contribution in [0.15, 0.2) is 47.6 Å². The van der Waals surface area contributed by atoms with Gasteiger partial charge < -0.3 is 24.6 Å². The van der Waals surface area contributed by atoms with Gasteiger partial charge >= 0.3 is 11.9 Å². The predicted octanol–water partition coefficient (Wildman–Crippen LogP) is 3.17. The normalized spacial score (nSPS) is 34.8. The Balaban J connectivity index is 1.52. The number of aliphatic hydroxyl groups is 1. The van der Waals surface area contributed by atoms with Gasteiger partial charge in [0.25, 0.3) is 0 Å². The molecule has 2 bridgehead atoms. The van der Waals surface area contributed by atoms with E-state index in [1.807, 2.05) is 37.3 Å². The van der Waals surface area contributed by atoms with Crippen molar-refractivity contribution in [3.63, 3.8) is 0 Å². The van der Waals surface area contributed by atoms with Gasteiger partial charge in [-0.05, 0) is 75.8 Å². The molecule has 0 spiro atoms. The molecule has 1 aromatic rings. The number of ether oxygens (including phenoxy) is 3. The molecular formula is C28H35NO6. The SMILES string of the molecule is CC1=C2[C@@H](CC1)[C@]1(C)O[C@@](C3CCNCC3)(C[C@H]1OC(=O)CO)[C@H]2OC(=O)/C=C/c1ccccc1. The first-order valence-corrected chi connectivity index (χ1v) is 12.7. The monoisotopic (exact) mass is 481 g/mol. The Morgan fingerprint density at radius 2 is 1.91 bits per heavy atom. The summed E-state index contributed by atoms with van der Waals surface area (Å²) in [5, 5.41) is 12.8. The van der Waals surface area contributed by atoms with Crippen LogP contribution in [0.1, 0.15) is 51.5 Å². The van der Waals surface area contributed by atoms with Gasteiger partial charge in [0.15, 0.2) is 6.10 Å². The molecule has 3 heterocycles. The lowest BCUT2D eigenvalue weighted by Gasteiger charge is -2.52. The molecule has 0 unspecified atom stereocenters. The molecule has 3 saturated heterocycles. The first-order chi connectivity index (χ1) is 16.9. The van der Waals surface area contributed by atoms with Crippen LogP contribution >= 0.6 is 0 Å². The van der Waals surface area contributed by atoms with Gasteiger partial charge in [-0.3, -0.25) is 0 Å². The number of benzene rings is 1. The Kier molecular flexibility index (Phi) is 6.59. The summed E-state index contributed by atoms with van der Waals surface area (Å²) in [6, 6.07) is 9.66. The van der Waals surface area contributed by atoms with Crippen molar-refractivity contribution in [2.45, 2.75) is 69.4 Å². The quantitative estimate of drug-likeness (QED) is 0.366. The van der Waals surface area contributed by atoms with Gasteiger partial charge in [0.05, 0.1) is 0 Å². The number of fused-ring (bicyclic) bond motifs is 4. The lowest BCUT2D eigenvalue weighted by molar-refractivity contribution is -0.229. The zero-order chi connectivity index (χ0) is 24.6. The number of hydrogen-bond donors (Lipinski definition) is 2. The molecule has 2 N–H and O–H groups in total. The average molecular weight is 482 g/mol. The maximum absolute atomic E-state index is 13.1. The van der Waals surface area contributed by atoms with Crippen LogP contribution < -0.4 is 5.32 Å². The van der Waals surface area contributed by atoms with Crippen LogP contribution in [0.3, 0.4) is 0 Å². The third kappa shape index (κ3) is 4.24. The van der Waals surface area contributed by atoms with Gasteiger partial charge in [0.1, 0.15) is 23.9 Å². The van der Waals surface area contributed by atoms with E-state index in [2.05, 4.69) is 12.2 Å². The topological polar surface area (TPSA) is 94.1 Å². The fraction of sp³-hybridized carbons (Fsp3) is 0.571. The van der Waals surface area contributed by atoms with Crippen molar-refractivity contribution in [3.05, 3.63) is 53.1 Å². The second-order valence-corrected chi connectivity index (χ2v) is 10.5. The summed E-state index contributed by atoms with van der Waals surface area (Å²) in [6.45, 7) is 5.21. The Hall–Kier alpha value is -2.48. The third-order valence-corrected chi connectivity index (χ3v) is 8.53. The van der Waals surface area contributed by atoms with Crippen LogP contribution in [0, 0.1) is 11.8 Å². The number of aliphatic hydroxyl groups excluding tert-OH is 1. The molecule has 188 valence electrons. The van der Waals surface area contributed by atoms with E-state index in [4.69, 9.17) is 14.2 Å². The van der Waals surface area contributed by atoms with Gasteiger partial charge in [0, 0.05) is 18.4 Å². The number of nitrogens with one attached hydrogen (secondary N) is 1. The van der Waals surface area contributed by atoms with Crippen molar-refractivity contribution in [1.29, 1.82) is 0 Å². The zero-order valence-corrected chi connectivity index (χ0v) is 20.5. The van der Waals surface area contributed by atoms with Crippen molar-refractivity contribution < 1.29 is 28.9 Å². The molecule has 7 heteroatoms. The molecule has 0 aromatic heterocycles. The van der Waals surface area contributed by atoms with E-state index in [0.29, 0.717) is 6.42 Å². The van der Waals surface area contributed by atoms with Crippen LogP contribution in [-0.2, 0) is 23.8 Å². The summed E-state index contributed by atoms with van der Waals surface area (Å²) >= 11 is 0. The molecule has 3 fully saturated rings. The van der Waals surface area contributed by atoms with Crippen LogP contribution in [0.4, 0.5) is 0 Å². The summed E-state index contributed by atoms with van der Waals surface area (Å²) in [4.78, 5) is 25.3. The van der Waals surface area contributed by atoms with E-state index in [1.54, 1.807) is 6.08 Å². The molecule has 4 aliphatic rings. The van der Waals surface area contributed by atoms with Crippen molar-refractivity contribution in [2.75, 3.05) is 19.7 Å². The van der Waals surface area contributed by atoms with Crippen molar-refractivity contribution in [1.82, 2.24) is 5.32 Å². The Morgan fingerprint density at radius 1 is 1.17 bits per heavy atom. The minimum absolute atomic E-state index is 0.00719. The van der Waals surface area contributed by atoms with E-state index in [0.717, 1.165) is 49.9 Å². The summed E-state index contributed by atoms with van der Waals surface area (Å²) in [5.41, 5.74) is 1.82. The van der Waals surface area contributed by atoms with Crippen LogP contribution in [0.2, 0.25) is 0 Å². The Labute approximate surface area is 206 Å². The van der Waals surface area contributed by atoms with E-state index in [1.165, 1.54) is 11.6 Å². The Morgan fingerprint density at radius 3 is 2.63 bits per heavy atom. The predicted molar refractivity (Wildman–Crippen MR) is 130 cm³/mol. The molecular weight excluding hydrogens is 446 g/mol. The number of allylic oxidation sites excluding steroid dienone is 1. The van der Waals surface area contributed by atoms with Crippen LogP contribution in [0.25, 0.3) is 6.08 Å². The molecule has 1 aromatic carbocycles. The van der Waals surface area contributed by atoms with Crippen LogP contribution in [0.5, 0.6) is 0 Å². The second kappa shape index (κ2) is 9.52. The highest BCUT2D eigenvalue weighted by atomic mass is 16.6. The number of carbonyl (C=O) groups is 2. The zero-order valence-electron chi connectivity index (χ0n) is 20.5. The molecule has 7 nitrogen and oxygen atoms in total. The number of piperidine rings is 1. The fourth-order valence-corrected chi connectivity index (χ4v) is 6.86. The molecule has 5 rings (SSSR count). The second-order valence-electron chi connectivity index (χ2n) is 10.5.